The van der Waals surface area contributed by atoms with E-state index < -0.39 is 17.3 Å². The Labute approximate surface area is 127 Å². The molecule has 0 unspecified atom stereocenters. The van der Waals surface area contributed by atoms with Crippen molar-refractivity contribution in [2.75, 3.05) is 13.2 Å². The summed E-state index contributed by atoms with van der Waals surface area (Å²) in [4.78, 5) is 11.5. The van der Waals surface area contributed by atoms with Crippen LogP contribution in [0, 0.1) is 0 Å². The van der Waals surface area contributed by atoms with E-state index >= 15 is 0 Å². The van der Waals surface area contributed by atoms with Crippen molar-refractivity contribution in [1.82, 2.24) is 5.32 Å². The topological polar surface area (TPSA) is 64.3 Å². The van der Waals surface area contributed by atoms with E-state index in [0.717, 1.165) is 12.1 Å². The van der Waals surface area contributed by atoms with E-state index in [-0.39, 0.29) is 37.2 Å². The summed E-state index contributed by atoms with van der Waals surface area (Å²) in [6.45, 7) is 3.49. The lowest BCUT2D eigenvalue weighted by atomic mass is 10.1. The number of hydrogen-bond donors (Lipinski definition) is 2. The van der Waals surface area contributed by atoms with Crippen LogP contribution in [0.25, 0.3) is 0 Å². The highest BCUT2D eigenvalue weighted by Gasteiger charge is 2.30. The maximum Gasteiger partial charge on any atom is 0.416 e. The van der Waals surface area contributed by atoms with E-state index in [1.807, 2.05) is 0 Å². The number of rotatable bonds is 5. The molecule has 120 valence electrons. The monoisotopic (exact) mass is 326 g/mol. The Morgan fingerprint density at radius 3 is 2.19 bits per heavy atom. The molecule has 0 saturated heterocycles. The van der Waals surface area contributed by atoms with Gasteiger partial charge in [0.25, 0.3) is 5.91 Å². The van der Waals surface area contributed by atoms with Gasteiger partial charge in [-0.2, -0.15) is 13.2 Å². The van der Waals surface area contributed by atoms with Gasteiger partial charge in [0.15, 0.2) is 6.61 Å². The third-order valence-corrected chi connectivity index (χ3v) is 2.54. The smallest absolute Gasteiger partial charge is 0.416 e. The molecule has 0 fully saturated rings. The molecule has 1 aromatic carbocycles. The maximum absolute atomic E-state index is 12.3. The largest absolute Gasteiger partial charge is 0.484 e. The zero-order valence-corrected chi connectivity index (χ0v) is 12.5. The van der Waals surface area contributed by atoms with Gasteiger partial charge in [0.2, 0.25) is 0 Å². The van der Waals surface area contributed by atoms with E-state index in [2.05, 4.69) is 5.32 Å². The van der Waals surface area contributed by atoms with Crippen LogP contribution in [0.3, 0.4) is 0 Å². The van der Waals surface area contributed by atoms with Crippen molar-refractivity contribution < 1.29 is 22.7 Å². The van der Waals surface area contributed by atoms with E-state index in [1.165, 1.54) is 12.1 Å². The molecule has 0 aromatic heterocycles. The van der Waals surface area contributed by atoms with Crippen molar-refractivity contribution in [3.8, 4) is 5.75 Å². The van der Waals surface area contributed by atoms with Crippen molar-refractivity contribution in [2.24, 2.45) is 5.73 Å². The van der Waals surface area contributed by atoms with Crippen molar-refractivity contribution in [3.63, 3.8) is 0 Å². The number of benzene rings is 1. The zero-order chi connectivity index (χ0) is 15.4. The Bertz CT molecular complexity index is 461. The molecule has 0 aliphatic carbocycles. The molecule has 0 radical (unpaired) electrons. The number of nitrogens with two attached hydrogens (primary N) is 1. The fourth-order valence-electron chi connectivity index (χ4n) is 1.35. The summed E-state index contributed by atoms with van der Waals surface area (Å²) in [6, 6.07) is 4.14. The molecule has 1 amide bonds. The van der Waals surface area contributed by atoms with Crippen molar-refractivity contribution in [1.29, 1.82) is 0 Å². The molecule has 0 atom stereocenters. The molecule has 21 heavy (non-hydrogen) atoms. The van der Waals surface area contributed by atoms with Crippen LogP contribution in [0.15, 0.2) is 24.3 Å². The number of carbonyl (C=O) groups excluding carboxylic acids is 1. The summed E-state index contributed by atoms with van der Waals surface area (Å²) in [7, 11) is 0. The molecule has 0 bridgehead atoms. The second kappa shape index (κ2) is 7.51. The van der Waals surface area contributed by atoms with Gasteiger partial charge in [-0.25, -0.2) is 0 Å². The summed E-state index contributed by atoms with van der Waals surface area (Å²) < 4.78 is 42.1. The summed E-state index contributed by atoms with van der Waals surface area (Å²) >= 11 is 0. The molecule has 0 aliphatic heterocycles. The second-order valence-corrected chi connectivity index (χ2v) is 4.95. The minimum Gasteiger partial charge on any atom is -0.484 e. The molecule has 0 saturated carbocycles. The highest BCUT2D eigenvalue weighted by Crippen LogP contribution is 2.30. The lowest BCUT2D eigenvalue weighted by Crippen LogP contribution is -2.50. The molecule has 3 N–H and O–H groups in total. The van der Waals surface area contributed by atoms with E-state index in [9.17, 15) is 18.0 Å². The first-order valence-corrected chi connectivity index (χ1v) is 5.95. The first-order valence-electron chi connectivity index (χ1n) is 5.95. The van der Waals surface area contributed by atoms with Gasteiger partial charge in [0.1, 0.15) is 5.75 Å². The van der Waals surface area contributed by atoms with Crippen LogP contribution in [0.4, 0.5) is 13.2 Å². The molecule has 1 aromatic rings. The zero-order valence-electron chi connectivity index (χ0n) is 11.7. The lowest BCUT2D eigenvalue weighted by Gasteiger charge is -2.24. The molecule has 8 heteroatoms. The molecule has 4 nitrogen and oxygen atoms in total. The molecule has 0 spiro atoms. The van der Waals surface area contributed by atoms with E-state index in [0.29, 0.717) is 0 Å². The Morgan fingerprint density at radius 1 is 1.24 bits per heavy atom. The van der Waals surface area contributed by atoms with Gasteiger partial charge in [-0.3, -0.25) is 4.79 Å². The number of carbonyl (C=O) groups is 1. The third kappa shape index (κ3) is 6.68. The minimum atomic E-state index is -4.39. The van der Waals surface area contributed by atoms with Crippen LogP contribution in [0.1, 0.15) is 19.4 Å². The van der Waals surface area contributed by atoms with Gasteiger partial charge in [-0.15, -0.1) is 12.4 Å². The number of amides is 1. The fraction of sp³-hybridized carbons (Fsp3) is 0.462. The normalized spacial score (nSPS) is 11.5. The quantitative estimate of drug-likeness (QED) is 0.873. The number of nitrogens with one attached hydrogen (secondary N) is 1. The second-order valence-electron chi connectivity index (χ2n) is 4.95. The van der Waals surface area contributed by atoms with Crippen LogP contribution in [-0.4, -0.2) is 24.6 Å². The predicted molar refractivity (Wildman–Crippen MR) is 75.5 cm³/mol. The maximum atomic E-state index is 12.3. The van der Waals surface area contributed by atoms with Crippen LogP contribution in [-0.2, 0) is 11.0 Å². The summed E-state index contributed by atoms with van der Waals surface area (Å²) in [6.07, 6.45) is -4.39. The third-order valence-electron chi connectivity index (χ3n) is 2.54. The van der Waals surface area contributed by atoms with Gasteiger partial charge in [-0.05, 0) is 38.1 Å². The first kappa shape index (κ1) is 19.5. The lowest BCUT2D eigenvalue weighted by molar-refractivity contribution is -0.137. The summed E-state index contributed by atoms with van der Waals surface area (Å²) in [5.41, 5.74) is 4.14. The van der Waals surface area contributed by atoms with Crippen LogP contribution < -0.4 is 15.8 Å². The molecule has 0 heterocycles. The highest BCUT2D eigenvalue weighted by atomic mass is 35.5. The van der Waals surface area contributed by atoms with Gasteiger partial charge in [-0.1, -0.05) is 0 Å². The highest BCUT2D eigenvalue weighted by molar-refractivity contribution is 5.85. The number of halogens is 4. The van der Waals surface area contributed by atoms with E-state index in [4.69, 9.17) is 10.5 Å². The van der Waals surface area contributed by atoms with Crippen molar-refractivity contribution in [3.05, 3.63) is 29.8 Å². The van der Waals surface area contributed by atoms with Crippen LogP contribution in [0.2, 0.25) is 0 Å². The fourth-order valence-corrected chi connectivity index (χ4v) is 1.35. The molecular weight excluding hydrogens is 309 g/mol. The van der Waals surface area contributed by atoms with Crippen LogP contribution in [0.5, 0.6) is 5.75 Å². The number of hydrogen-bond acceptors (Lipinski definition) is 3. The first-order chi connectivity index (χ1) is 9.14. The van der Waals surface area contributed by atoms with E-state index in [1.54, 1.807) is 13.8 Å². The van der Waals surface area contributed by atoms with Gasteiger partial charge in [0.05, 0.1) is 5.56 Å². The number of ether oxygens (including phenoxy) is 1. The average molecular weight is 327 g/mol. The Balaban J connectivity index is 0.00000400. The molecular formula is C13H18ClF3N2O2. The summed E-state index contributed by atoms with van der Waals surface area (Å²) in [5, 5.41) is 2.64. The molecule has 1 rings (SSSR count). The predicted octanol–water partition coefficient (Wildman–Crippen LogP) is 2.36. The molecule has 0 aliphatic rings. The SMILES string of the molecule is CC(C)(CN)NC(=O)COc1ccc(C(F)(F)F)cc1.Cl. The Hall–Kier alpha value is -1.47. The van der Waals surface area contributed by atoms with Crippen LogP contribution >= 0.6 is 12.4 Å². The average Bonchev–Trinajstić information content (AvgIpc) is 2.35. The number of alkyl halides is 3. The minimum absolute atomic E-state index is 0. The Kier molecular flexibility index (Phi) is 6.99. The van der Waals surface area contributed by atoms with Gasteiger partial charge in [0, 0.05) is 12.1 Å². The summed E-state index contributed by atoms with van der Waals surface area (Å²) in [5.74, 6) is -0.195. The van der Waals surface area contributed by atoms with Gasteiger partial charge < -0.3 is 15.8 Å². The van der Waals surface area contributed by atoms with Crippen molar-refractivity contribution in [2.45, 2.75) is 25.6 Å². The van der Waals surface area contributed by atoms with Gasteiger partial charge >= 0.3 is 6.18 Å². The van der Waals surface area contributed by atoms with Crippen molar-refractivity contribution >= 4 is 18.3 Å². The Morgan fingerprint density at radius 2 is 1.76 bits per heavy atom. The standard InChI is InChI=1S/C13H17F3N2O2.ClH/c1-12(2,8-17)18-11(19)7-20-10-5-3-9(4-6-10)13(14,15)16;/h3-6H,7-8,17H2,1-2H3,(H,18,19);1H.